The third-order valence-corrected chi connectivity index (χ3v) is 6.58. The van der Waals surface area contributed by atoms with Crippen LogP contribution in [0.3, 0.4) is 0 Å². The SMILES string of the molecule is c1ccc(CN2C[C@@H]3c4ccccc4[C@]3(COc3ccc4c(c3)OCO4)C2)cc1. The summed E-state index contributed by atoms with van der Waals surface area (Å²) in [6.07, 6.45) is 0. The molecule has 0 amide bonds. The Kier molecular flexibility index (Phi) is 3.81. The third kappa shape index (κ3) is 2.70. The molecule has 2 heterocycles. The molecule has 6 rings (SSSR count). The molecule has 1 saturated heterocycles. The van der Waals surface area contributed by atoms with Gasteiger partial charge in [0.05, 0.1) is 12.0 Å². The van der Waals surface area contributed by atoms with Crippen LogP contribution in [0.5, 0.6) is 17.2 Å². The Balaban J connectivity index is 1.25. The zero-order valence-corrected chi connectivity index (χ0v) is 16.2. The Bertz CT molecular complexity index is 1050. The number of nitrogens with zero attached hydrogens (tertiary/aromatic N) is 1. The summed E-state index contributed by atoms with van der Waals surface area (Å²) in [6.45, 7) is 4.05. The molecule has 0 radical (unpaired) electrons. The van der Waals surface area contributed by atoms with Crippen molar-refractivity contribution >= 4 is 0 Å². The number of hydrogen-bond acceptors (Lipinski definition) is 4. The van der Waals surface area contributed by atoms with E-state index in [0.29, 0.717) is 12.5 Å². The lowest BCUT2D eigenvalue weighted by Gasteiger charge is -2.46. The van der Waals surface area contributed by atoms with Crippen LogP contribution in [-0.2, 0) is 12.0 Å². The molecule has 4 heteroatoms. The highest BCUT2D eigenvalue weighted by Crippen LogP contribution is 2.56. The molecular weight excluding hydrogens is 362 g/mol. The molecule has 3 aromatic rings. The quantitative estimate of drug-likeness (QED) is 0.654. The molecule has 0 aromatic heterocycles. The van der Waals surface area contributed by atoms with E-state index < -0.39 is 0 Å². The molecular formula is C25H23NO3. The van der Waals surface area contributed by atoms with Gasteiger partial charge in [-0.2, -0.15) is 0 Å². The van der Waals surface area contributed by atoms with E-state index in [1.807, 2.05) is 18.2 Å². The maximum absolute atomic E-state index is 6.33. The molecule has 0 spiro atoms. The van der Waals surface area contributed by atoms with Crippen molar-refractivity contribution in [1.29, 1.82) is 0 Å². The van der Waals surface area contributed by atoms with Crippen molar-refractivity contribution in [2.45, 2.75) is 17.9 Å². The van der Waals surface area contributed by atoms with Crippen molar-refractivity contribution in [3.63, 3.8) is 0 Å². The summed E-state index contributed by atoms with van der Waals surface area (Å²) in [4.78, 5) is 2.57. The highest BCUT2D eigenvalue weighted by molar-refractivity contribution is 5.53. The molecule has 2 aliphatic heterocycles. The maximum Gasteiger partial charge on any atom is 0.231 e. The van der Waals surface area contributed by atoms with Crippen molar-refractivity contribution < 1.29 is 14.2 Å². The number of hydrogen-bond donors (Lipinski definition) is 0. The average Bonchev–Trinajstić information content (AvgIpc) is 3.34. The van der Waals surface area contributed by atoms with E-state index in [2.05, 4.69) is 59.5 Å². The van der Waals surface area contributed by atoms with Gasteiger partial charge in [-0.3, -0.25) is 4.90 Å². The zero-order valence-electron chi connectivity index (χ0n) is 16.2. The molecule has 2 atom stereocenters. The van der Waals surface area contributed by atoms with Crippen LogP contribution in [0.25, 0.3) is 0 Å². The minimum Gasteiger partial charge on any atom is -0.492 e. The summed E-state index contributed by atoms with van der Waals surface area (Å²) < 4.78 is 17.2. The van der Waals surface area contributed by atoms with Crippen LogP contribution < -0.4 is 14.2 Å². The summed E-state index contributed by atoms with van der Waals surface area (Å²) in [5, 5.41) is 0. The molecule has 0 unspecified atom stereocenters. The van der Waals surface area contributed by atoms with E-state index in [1.54, 1.807) is 0 Å². The van der Waals surface area contributed by atoms with Crippen LogP contribution in [0.2, 0.25) is 0 Å². The molecule has 146 valence electrons. The summed E-state index contributed by atoms with van der Waals surface area (Å²) in [7, 11) is 0. The van der Waals surface area contributed by atoms with Gasteiger partial charge in [0.15, 0.2) is 11.5 Å². The number of benzene rings is 3. The summed E-state index contributed by atoms with van der Waals surface area (Å²) >= 11 is 0. The van der Waals surface area contributed by atoms with Crippen molar-refractivity contribution in [2.24, 2.45) is 0 Å². The predicted molar refractivity (Wildman–Crippen MR) is 111 cm³/mol. The fraction of sp³-hybridized carbons (Fsp3) is 0.280. The van der Waals surface area contributed by atoms with Crippen molar-refractivity contribution in [3.8, 4) is 17.2 Å². The Morgan fingerprint density at radius 3 is 2.69 bits per heavy atom. The molecule has 0 N–H and O–H groups in total. The average molecular weight is 385 g/mol. The van der Waals surface area contributed by atoms with Gasteiger partial charge in [-0.05, 0) is 28.8 Å². The van der Waals surface area contributed by atoms with Crippen LogP contribution in [-0.4, -0.2) is 31.4 Å². The fourth-order valence-corrected chi connectivity index (χ4v) is 5.22. The Morgan fingerprint density at radius 2 is 1.76 bits per heavy atom. The number of fused-ring (bicyclic) bond motifs is 5. The highest BCUT2D eigenvalue weighted by Gasteiger charge is 2.57. The second kappa shape index (κ2) is 6.53. The van der Waals surface area contributed by atoms with Gasteiger partial charge in [-0.25, -0.2) is 0 Å². The lowest BCUT2D eigenvalue weighted by Crippen LogP contribution is -2.48. The van der Waals surface area contributed by atoms with Crippen LogP contribution in [0.15, 0.2) is 72.8 Å². The largest absolute Gasteiger partial charge is 0.492 e. The third-order valence-electron chi connectivity index (χ3n) is 6.58. The molecule has 3 aliphatic rings. The van der Waals surface area contributed by atoms with E-state index >= 15 is 0 Å². The minimum atomic E-state index is 0.0573. The molecule has 29 heavy (non-hydrogen) atoms. The van der Waals surface area contributed by atoms with Gasteiger partial charge >= 0.3 is 0 Å². The molecule has 0 bridgehead atoms. The summed E-state index contributed by atoms with van der Waals surface area (Å²) in [5.74, 6) is 2.92. The van der Waals surface area contributed by atoms with E-state index in [4.69, 9.17) is 14.2 Å². The van der Waals surface area contributed by atoms with Crippen molar-refractivity contribution in [1.82, 2.24) is 4.90 Å². The fourth-order valence-electron chi connectivity index (χ4n) is 5.22. The first-order valence-electron chi connectivity index (χ1n) is 10.2. The van der Waals surface area contributed by atoms with E-state index in [0.717, 1.165) is 36.9 Å². The number of likely N-dealkylation sites (tertiary alicyclic amines) is 1. The van der Waals surface area contributed by atoms with E-state index in [-0.39, 0.29) is 12.2 Å². The number of ether oxygens (including phenoxy) is 3. The minimum absolute atomic E-state index is 0.0573. The Hall–Kier alpha value is -2.98. The van der Waals surface area contributed by atoms with Gasteiger partial charge in [0.25, 0.3) is 0 Å². The summed E-state index contributed by atoms with van der Waals surface area (Å²) in [6, 6.07) is 25.4. The van der Waals surface area contributed by atoms with Gasteiger partial charge in [0, 0.05) is 31.6 Å². The van der Waals surface area contributed by atoms with Crippen LogP contribution in [0.1, 0.15) is 22.6 Å². The first-order valence-corrected chi connectivity index (χ1v) is 10.2. The molecule has 1 fully saturated rings. The molecule has 0 saturated carbocycles. The van der Waals surface area contributed by atoms with Gasteiger partial charge < -0.3 is 14.2 Å². The van der Waals surface area contributed by atoms with Crippen LogP contribution in [0.4, 0.5) is 0 Å². The Morgan fingerprint density at radius 1 is 0.931 bits per heavy atom. The number of rotatable bonds is 5. The Labute approximate surface area is 170 Å². The van der Waals surface area contributed by atoms with Gasteiger partial charge in [0.2, 0.25) is 6.79 Å². The van der Waals surface area contributed by atoms with Crippen molar-refractivity contribution in [3.05, 3.63) is 89.5 Å². The van der Waals surface area contributed by atoms with E-state index in [1.165, 1.54) is 16.7 Å². The maximum atomic E-state index is 6.33. The first-order chi connectivity index (χ1) is 14.3. The monoisotopic (exact) mass is 385 g/mol. The zero-order chi connectivity index (χ0) is 19.3. The lowest BCUT2D eigenvalue weighted by atomic mass is 9.58. The first kappa shape index (κ1) is 16.9. The van der Waals surface area contributed by atoms with Crippen LogP contribution in [0, 0.1) is 0 Å². The van der Waals surface area contributed by atoms with Gasteiger partial charge in [0.1, 0.15) is 5.75 Å². The molecule has 1 aliphatic carbocycles. The topological polar surface area (TPSA) is 30.9 Å². The second-order valence-electron chi connectivity index (χ2n) is 8.25. The molecule has 4 nitrogen and oxygen atoms in total. The van der Waals surface area contributed by atoms with Crippen LogP contribution >= 0.6 is 0 Å². The second-order valence-corrected chi connectivity index (χ2v) is 8.25. The predicted octanol–water partition coefficient (Wildman–Crippen LogP) is 4.35. The van der Waals surface area contributed by atoms with Gasteiger partial charge in [-0.1, -0.05) is 54.6 Å². The van der Waals surface area contributed by atoms with Crippen molar-refractivity contribution in [2.75, 3.05) is 26.5 Å². The lowest BCUT2D eigenvalue weighted by molar-refractivity contribution is 0.172. The highest BCUT2D eigenvalue weighted by atomic mass is 16.7. The smallest absolute Gasteiger partial charge is 0.231 e. The van der Waals surface area contributed by atoms with E-state index in [9.17, 15) is 0 Å². The summed E-state index contributed by atoms with van der Waals surface area (Å²) in [5.41, 5.74) is 4.35. The molecule has 3 aromatic carbocycles. The normalized spacial score (nSPS) is 23.9. The standard InChI is InChI=1S/C25H23NO3/c1-2-6-18(7-3-1)13-26-14-22-20-8-4-5-9-21(20)25(22,15-26)16-27-19-10-11-23-24(12-19)29-17-28-23/h1-12,22H,13-17H2/t22-,25-/m1/s1. The van der Waals surface area contributed by atoms with Gasteiger partial charge in [-0.15, -0.1) is 0 Å².